The Kier molecular flexibility index (Phi) is 4.34. The Morgan fingerprint density at radius 1 is 1.17 bits per heavy atom. The van der Waals surface area contributed by atoms with Crippen LogP contribution in [0.3, 0.4) is 0 Å². The first-order chi connectivity index (χ1) is 14.5. The first-order valence-corrected chi connectivity index (χ1v) is 10.1. The normalized spacial score (nSPS) is 17.6. The first kappa shape index (κ1) is 18.5. The first-order valence-electron chi connectivity index (χ1n) is 10.1. The third-order valence-corrected chi connectivity index (χ3v) is 5.99. The van der Waals surface area contributed by atoms with Crippen LogP contribution < -0.4 is 0 Å². The van der Waals surface area contributed by atoms with Gasteiger partial charge in [-0.1, -0.05) is 35.5 Å². The highest BCUT2D eigenvalue weighted by Crippen LogP contribution is 2.42. The number of hydrogen-bond donors (Lipinski definition) is 0. The van der Waals surface area contributed by atoms with E-state index in [1.807, 2.05) is 17.0 Å². The number of nitro benzene ring substituents is 1. The van der Waals surface area contributed by atoms with Crippen LogP contribution in [0.4, 0.5) is 5.69 Å². The van der Waals surface area contributed by atoms with Crippen LogP contribution >= 0.6 is 0 Å². The van der Waals surface area contributed by atoms with Gasteiger partial charge < -0.3 is 4.90 Å². The fraction of sp³-hybridized carbons (Fsp3) is 0.318. The highest BCUT2D eigenvalue weighted by atomic mass is 16.6. The lowest BCUT2D eigenvalue weighted by atomic mass is 10.1. The van der Waals surface area contributed by atoms with Crippen LogP contribution in [-0.4, -0.2) is 36.8 Å². The van der Waals surface area contributed by atoms with E-state index in [2.05, 4.69) is 22.4 Å². The van der Waals surface area contributed by atoms with Gasteiger partial charge in [0, 0.05) is 18.2 Å². The van der Waals surface area contributed by atoms with Crippen molar-refractivity contribution in [2.24, 2.45) is 0 Å². The number of hydrogen-bond acceptors (Lipinski definition) is 5. The van der Waals surface area contributed by atoms with E-state index in [0.717, 1.165) is 25.7 Å². The van der Waals surface area contributed by atoms with Crippen molar-refractivity contribution < 1.29 is 9.72 Å². The third kappa shape index (κ3) is 3.04. The van der Waals surface area contributed by atoms with Crippen LogP contribution in [0.2, 0.25) is 0 Å². The van der Waals surface area contributed by atoms with E-state index < -0.39 is 4.92 Å². The summed E-state index contributed by atoms with van der Waals surface area (Å²) in [5.74, 6) is -0.117. The summed E-state index contributed by atoms with van der Waals surface area (Å²) in [4.78, 5) is 26.2. The van der Waals surface area contributed by atoms with Crippen molar-refractivity contribution in [3.63, 3.8) is 0 Å². The lowest BCUT2D eigenvalue weighted by molar-refractivity contribution is -0.384. The zero-order chi connectivity index (χ0) is 20.8. The van der Waals surface area contributed by atoms with E-state index in [0.29, 0.717) is 17.1 Å². The average molecular weight is 403 g/mol. The van der Waals surface area contributed by atoms with Gasteiger partial charge in [-0.25, -0.2) is 4.68 Å². The predicted octanol–water partition coefficient (Wildman–Crippen LogP) is 3.78. The number of non-ortho nitro benzene ring substituents is 1. The molecule has 0 N–H and O–H groups in total. The van der Waals surface area contributed by atoms with E-state index in [-0.39, 0.29) is 23.7 Å². The Bertz CT molecular complexity index is 1150. The van der Waals surface area contributed by atoms with Crippen LogP contribution in [0.1, 0.15) is 52.6 Å². The van der Waals surface area contributed by atoms with Crippen molar-refractivity contribution in [1.29, 1.82) is 0 Å². The molecule has 1 unspecified atom stereocenters. The van der Waals surface area contributed by atoms with E-state index in [4.69, 9.17) is 0 Å². The van der Waals surface area contributed by atoms with E-state index >= 15 is 0 Å². The Morgan fingerprint density at radius 3 is 2.73 bits per heavy atom. The van der Waals surface area contributed by atoms with Gasteiger partial charge in [-0.05, 0) is 49.8 Å². The molecule has 1 amide bonds. The summed E-state index contributed by atoms with van der Waals surface area (Å²) in [6.45, 7) is 1.78. The second-order valence-corrected chi connectivity index (χ2v) is 7.91. The van der Waals surface area contributed by atoms with Gasteiger partial charge in [-0.3, -0.25) is 14.9 Å². The summed E-state index contributed by atoms with van der Waals surface area (Å²) in [6, 6.07) is 14.8. The molecule has 1 saturated carbocycles. The number of aryl methyl sites for hydroxylation is 1. The van der Waals surface area contributed by atoms with E-state index in [1.165, 1.54) is 27.9 Å². The SMILES string of the molecule is Cc1c(C(=O)N(C2CC2)C2CCc3ccccc32)nnn1-c1cccc([N+](=O)[O-])c1. The molecule has 5 rings (SSSR count). The minimum absolute atomic E-state index is 0.0301. The lowest BCUT2D eigenvalue weighted by Gasteiger charge is -2.29. The van der Waals surface area contributed by atoms with Gasteiger partial charge in [0.1, 0.15) is 0 Å². The van der Waals surface area contributed by atoms with Gasteiger partial charge in [-0.2, -0.15) is 0 Å². The molecule has 1 heterocycles. The number of carbonyl (C=O) groups excluding carboxylic acids is 1. The number of aromatic nitrogens is 3. The van der Waals surface area contributed by atoms with E-state index in [9.17, 15) is 14.9 Å². The van der Waals surface area contributed by atoms with E-state index in [1.54, 1.807) is 19.1 Å². The van der Waals surface area contributed by atoms with Gasteiger partial charge in [-0.15, -0.1) is 5.10 Å². The highest BCUT2D eigenvalue weighted by molar-refractivity contribution is 5.94. The number of carbonyl (C=O) groups is 1. The molecule has 1 atom stereocenters. The van der Waals surface area contributed by atoms with Crippen LogP contribution in [0.15, 0.2) is 48.5 Å². The lowest BCUT2D eigenvalue weighted by Crippen LogP contribution is -2.36. The molecule has 8 heteroatoms. The molecule has 1 fully saturated rings. The third-order valence-electron chi connectivity index (χ3n) is 5.99. The molecule has 0 bridgehead atoms. The monoisotopic (exact) mass is 403 g/mol. The largest absolute Gasteiger partial charge is 0.327 e. The van der Waals surface area contributed by atoms with Crippen molar-refractivity contribution in [3.8, 4) is 5.69 Å². The fourth-order valence-electron chi connectivity index (χ4n) is 4.37. The van der Waals surface area contributed by atoms with Crippen LogP contribution in [0.5, 0.6) is 0 Å². The molecule has 0 spiro atoms. The van der Waals surface area contributed by atoms with Gasteiger partial charge >= 0.3 is 0 Å². The summed E-state index contributed by atoms with van der Waals surface area (Å²) in [6.07, 6.45) is 3.89. The van der Waals surface area contributed by atoms with Gasteiger partial charge in [0.25, 0.3) is 11.6 Å². The summed E-state index contributed by atoms with van der Waals surface area (Å²) >= 11 is 0. The summed E-state index contributed by atoms with van der Waals surface area (Å²) in [5.41, 5.74) is 3.89. The maximum absolute atomic E-state index is 13.6. The molecular formula is C22H21N5O3. The Morgan fingerprint density at radius 2 is 1.97 bits per heavy atom. The van der Waals surface area contributed by atoms with Crippen LogP contribution in [-0.2, 0) is 6.42 Å². The molecule has 2 aliphatic rings. The number of fused-ring (bicyclic) bond motifs is 1. The maximum atomic E-state index is 13.6. The van der Waals surface area contributed by atoms with Gasteiger partial charge in [0.2, 0.25) is 0 Å². The topological polar surface area (TPSA) is 94.2 Å². The zero-order valence-corrected chi connectivity index (χ0v) is 16.6. The molecule has 0 saturated heterocycles. The van der Waals surface area contributed by atoms with Crippen molar-refractivity contribution >= 4 is 11.6 Å². The van der Waals surface area contributed by atoms with Gasteiger partial charge in [0.05, 0.1) is 22.3 Å². The predicted molar refractivity (Wildman–Crippen MR) is 109 cm³/mol. The zero-order valence-electron chi connectivity index (χ0n) is 16.6. The number of nitro groups is 1. The fourth-order valence-corrected chi connectivity index (χ4v) is 4.37. The quantitative estimate of drug-likeness (QED) is 0.477. The van der Waals surface area contributed by atoms with Crippen molar-refractivity contribution in [3.05, 3.63) is 81.2 Å². The molecule has 30 heavy (non-hydrogen) atoms. The second kappa shape index (κ2) is 7.05. The average Bonchev–Trinajstić information content (AvgIpc) is 3.38. The standard InChI is InChI=1S/C22H21N5O3/c1-14-21(23-24-26(14)17-6-4-7-18(13-17)27(29)30)22(28)25(16-10-11-16)20-12-9-15-5-2-3-8-19(15)20/h2-8,13,16,20H,9-12H2,1H3. The smallest absolute Gasteiger partial charge is 0.277 e. The molecule has 1 aromatic heterocycles. The van der Waals surface area contributed by atoms with Crippen LogP contribution in [0, 0.1) is 17.0 Å². The van der Waals surface area contributed by atoms with Crippen molar-refractivity contribution in [2.45, 2.75) is 44.7 Å². The Labute approximate surface area is 173 Å². The summed E-state index contributed by atoms with van der Waals surface area (Å²) < 4.78 is 1.49. The number of rotatable bonds is 5. The number of amides is 1. The molecule has 2 aliphatic carbocycles. The van der Waals surface area contributed by atoms with Gasteiger partial charge in [0.15, 0.2) is 5.69 Å². The molecule has 152 valence electrons. The summed E-state index contributed by atoms with van der Waals surface area (Å²) in [7, 11) is 0. The Balaban J connectivity index is 1.49. The molecule has 0 radical (unpaired) electrons. The van der Waals surface area contributed by atoms with Crippen molar-refractivity contribution in [2.75, 3.05) is 0 Å². The van der Waals surface area contributed by atoms with Crippen LogP contribution in [0.25, 0.3) is 5.69 Å². The molecular weight excluding hydrogens is 382 g/mol. The molecule has 3 aromatic rings. The number of benzene rings is 2. The number of nitrogens with zero attached hydrogens (tertiary/aromatic N) is 5. The molecule has 8 nitrogen and oxygen atoms in total. The second-order valence-electron chi connectivity index (χ2n) is 7.91. The van der Waals surface area contributed by atoms with Crippen molar-refractivity contribution in [1.82, 2.24) is 19.9 Å². The molecule has 2 aromatic carbocycles. The molecule has 0 aliphatic heterocycles. The Hall–Kier alpha value is -3.55. The highest BCUT2D eigenvalue weighted by Gasteiger charge is 2.42. The maximum Gasteiger partial charge on any atom is 0.277 e. The minimum Gasteiger partial charge on any atom is -0.327 e. The summed E-state index contributed by atoms with van der Waals surface area (Å²) in [5, 5.41) is 19.4. The minimum atomic E-state index is -0.450.